The van der Waals surface area contributed by atoms with Crippen molar-refractivity contribution in [2.45, 2.75) is 6.92 Å². The molecule has 0 atom stereocenters. The average Bonchev–Trinajstić information content (AvgIpc) is 3.26. The van der Waals surface area contributed by atoms with Crippen LogP contribution in [0.5, 0.6) is 5.75 Å². The molecule has 0 fully saturated rings. The van der Waals surface area contributed by atoms with E-state index in [1.165, 1.54) is 19.2 Å². The average molecular weight is 536 g/mol. The second-order valence-electron chi connectivity index (χ2n) is 8.02. The molecule has 0 saturated carbocycles. The first-order valence-corrected chi connectivity index (χ1v) is 12.0. The molecule has 0 aliphatic rings. The summed E-state index contributed by atoms with van der Waals surface area (Å²) >= 11 is 17.7. The molecular formula is C26H19Cl2N5O2S. The smallest absolute Gasteiger partial charge is 0.257 e. The van der Waals surface area contributed by atoms with E-state index in [4.69, 9.17) is 40.2 Å². The highest BCUT2D eigenvalue weighted by molar-refractivity contribution is 7.80. The lowest BCUT2D eigenvalue weighted by Gasteiger charge is -2.13. The third-order valence-corrected chi connectivity index (χ3v) is 6.41. The molecule has 0 radical (unpaired) electrons. The van der Waals surface area contributed by atoms with Crippen molar-refractivity contribution in [1.82, 2.24) is 20.3 Å². The Morgan fingerprint density at radius 1 is 0.972 bits per heavy atom. The lowest BCUT2D eigenvalue weighted by molar-refractivity contribution is 0.0977. The Hall–Kier alpha value is -3.72. The number of benzene rings is 4. The van der Waals surface area contributed by atoms with Crippen molar-refractivity contribution in [2.24, 2.45) is 0 Å². The lowest BCUT2D eigenvalue weighted by Crippen LogP contribution is -2.34. The van der Waals surface area contributed by atoms with Gasteiger partial charge in [-0.05, 0) is 60.4 Å². The molecule has 5 aromatic rings. The SMILES string of the molecule is COc1c(Cl)cc(C(=O)NC(=S)Nc2cc3nn(-c4cccc5ccccc45)nc3cc2C)cc1Cl. The first-order valence-electron chi connectivity index (χ1n) is 10.9. The normalized spacial score (nSPS) is 11.0. The number of aryl methyl sites for hydroxylation is 1. The monoisotopic (exact) mass is 535 g/mol. The van der Waals surface area contributed by atoms with Crippen molar-refractivity contribution in [1.29, 1.82) is 0 Å². The van der Waals surface area contributed by atoms with Crippen LogP contribution >= 0.6 is 35.4 Å². The maximum atomic E-state index is 12.7. The quantitative estimate of drug-likeness (QED) is 0.262. The van der Waals surface area contributed by atoms with Crippen LogP contribution in [-0.4, -0.2) is 33.1 Å². The number of ether oxygens (including phenoxy) is 1. The minimum absolute atomic E-state index is 0.118. The number of carbonyl (C=O) groups is 1. The van der Waals surface area contributed by atoms with E-state index < -0.39 is 5.91 Å². The van der Waals surface area contributed by atoms with E-state index in [1.54, 1.807) is 4.80 Å². The minimum atomic E-state index is -0.459. The summed E-state index contributed by atoms with van der Waals surface area (Å²) in [7, 11) is 1.45. The fourth-order valence-electron chi connectivity index (χ4n) is 3.91. The molecule has 5 rings (SSSR count). The van der Waals surface area contributed by atoms with Gasteiger partial charge in [0.25, 0.3) is 5.91 Å². The van der Waals surface area contributed by atoms with Gasteiger partial charge in [-0.15, -0.1) is 15.0 Å². The summed E-state index contributed by atoms with van der Waals surface area (Å²) in [5.41, 5.74) is 4.14. The predicted molar refractivity (Wildman–Crippen MR) is 148 cm³/mol. The largest absolute Gasteiger partial charge is 0.494 e. The van der Waals surface area contributed by atoms with E-state index >= 15 is 0 Å². The molecule has 7 nitrogen and oxygen atoms in total. The molecule has 10 heteroatoms. The Kier molecular flexibility index (Phi) is 6.49. The molecule has 36 heavy (non-hydrogen) atoms. The van der Waals surface area contributed by atoms with E-state index in [1.807, 2.05) is 49.4 Å². The summed E-state index contributed by atoms with van der Waals surface area (Å²) in [6.45, 7) is 1.92. The first-order chi connectivity index (χ1) is 17.3. The van der Waals surface area contributed by atoms with Crippen LogP contribution in [-0.2, 0) is 0 Å². The van der Waals surface area contributed by atoms with Gasteiger partial charge in [0.1, 0.15) is 11.0 Å². The van der Waals surface area contributed by atoms with Gasteiger partial charge in [-0.25, -0.2) is 0 Å². The number of carbonyl (C=O) groups excluding carboxylic acids is 1. The van der Waals surface area contributed by atoms with Gasteiger partial charge in [0.2, 0.25) is 0 Å². The number of halogens is 2. The van der Waals surface area contributed by atoms with Gasteiger partial charge in [-0.2, -0.15) is 0 Å². The van der Waals surface area contributed by atoms with Crippen LogP contribution in [0.25, 0.3) is 27.5 Å². The summed E-state index contributed by atoms with van der Waals surface area (Å²) < 4.78 is 5.12. The number of hydrogen-bond donors (Lipinski definition) is 2. The topological polar surface area (TPSA) is 81.1 Å². The van der Waals surface area contributed by atoms with Crippen LogP contribution in [0.4, 0.5) is 5.69 Å². The number of fused-ring (bicyclic) bond motifs is 2. The van der Waals surface area contributed by atoms with E-state index in [0.717, 1.165) is 27.5 Å². The van der Waals surface area contributed by atoms with Crippen LogP contribution in [0.15, 0.2) is 66.7 Å². The molecule has 1 heterocycles. The molecule has 1 amide bonds. The van der Waals surface area contributed by atoms with Crippen molar-refractivity contribution in [3.05, 3.63) is 87.9 Å². The van der Waals surface area contributed by atoms with Gasteiger partial charge in [0, 0.05) is 16.6 Å². The Bertz CT molecular complexity index is 1640. The van der Waals surface area contributed by atoms with Gasteiger partial charge in [0.15, 0.2) is 10.9 Å². The zero-order valence-electron chi connectivity index (χ0n) is 19.2. The summed E-state index contributed by atoms with van der Waals surface area (Å²) in [4.78, 5) is 14.3. The third kappa shape index (κ3) is 4.58. The highest BCUT2D eigenvalue weighted by Crippen LogP contribution is 2.33. The van der Waals surface area contributed by atoms with Crippen molar-refractivity contribution in [3.8, 4) is 11.4 Å². The zero-order valence-corrected chi connectivity index (χ0v) is 21.5. The molecule has 4 aromatic carbocycles. The van der Waals surface area contributed by atoms with E-state index in [0.29, 0.717) is 17.0 Å². The van der Waals surface area contributed by atoms with Crippen LogP contribution in [0, 0.1) is 6.92 Å². The number of hydrogen-bond acceptors (Lipinski definition) is 5. The molecule has 1 aromatic heterocycles. The minimum Gasteiger partial charge on any atom is -0.494 e. The van der Waals surface area contributed by atoms with Crippen molar-refractivity contribution < 1.29 is 9.53 Å². The highest BCUT2D eigenvalue weighted by Gasteiger charge is 2.16. The number of thiocarbonyl (C=S) groups is 1. The van der Waals surface area contributed by atoms with Gasteiger partial charge in [-0.1, -0.05) is 59.6 Å². The molecule has 0 bridgehead atoms. The molecule has 2 N–H and O–H groups in total. The second-order valence-corrected chi connectivity index (χ2v) is 9.25. The molecule has 0 unspecified atom stereocenters. The second kappa shape index (κ2) is 9.73. The number of nitrogens with one attached hydrogen (secondary N) is 2. The molecule has 180 valence electrons. The van der Waals surface area contributed by atoms with Crippen LogP contribution in [0.3, 0.4) is 0 Å². The predicted octanol–water partition coefficient (Wildman–Crippen LogP) is 6.32. The number of amides is 1. The maximum Gasteiger partial charge on any atom is 0.257 e. The summed E-state index contributed by atoms with van der Waals surface area (Å²) in [6.07, 6.45) is 0. The number of anilines is 1. The van der Waals surface area contributed by atoms with Crippen molar-refractivity contribution in [3.63, 3.8) is 0 Å². The highest BCUT2D eigenvalue weighted by atomic mass is 35.5. The van der Waals surface area contributed by atoms with Gasteiger partial charge in [-0.3, -0.25) is 10.1 Å². The molecular weight excluding hydrogens is 517 g/mol. The van der Waals surface area contributed by atoms with Gasteiger partial charge in [0.05, 0.1) is 22.8 Å². The molecule has 0 aliphatic carbocycles. The van der Waals surface area contributed by atoms with Gasteiger partial charge < -0.3 is 10.1 Å². The number of methoxy groups -OCH3 is 1. The zero-order chi connectivity index (χ0) is 25.4. The van der Waals surface area contributed by atoms with E-state index in [-0.39, 0.29) is 20.7 Å². The van der Waals surface area contributed by atoms with Crippen molar-refractivity contribution in [2.75, 3.05) is 12.4 Å². The standard InChI is InChI=1S/C26H19Cl2N5O2S/c1-14-10-21-22(32-33(31-21)23-9-5-7-15-6-3-4-8-17(15)23)13-20(14)29-26(36)30-25(34)16-11-18(27)24(35-2)19(28)12-16/h3-13H,1-2H3,(H2,29,30,34,36). The molecule has 0 saturated heterocycles. The van der Waals surface area contributed by atoms with Crippen LogP contribution < -0.4 is 15.4 Å². The fraction of sp³-hybridized carbons (Fsp3) is 0.0769. The Morgan fingerprint density at radius 2 is 1.64 bits per heavy atom. The number of nitrogens with zero attached hydrogens (tertiary/aromatic N) is 3. The Balaban J connectivity index is 1.38. The number of aromatic nitrogens is 3. The van der Waals surface area contributed by atoms with E-state index in [9.17, 15) is 4.79 Å². The first kappa shape index (κ1) is 24.0. The lowest BCUT2D eigenvalue weighted by atomic mass is 10.1. The summed E-state index contributed by atoms with van der Waals surface area (Å²) in [5.74, 6) is -0.157. The molecule has 0 spiro atoms. The fourth-order valence-corrected chi connectivity index (χ4v) is 4.75. The van der Waals surface area contributed by atoms with Crippen LogP contribution in [0.2, 0.25) is 10.0 Å². The van der Waals surface area contributed by atoms with Crippen molar-refractivity contribution >= 4 is 73.9 Å². The maximum absolute atomic E-state index is 12.7. The van der Waals surface area contributed by atoms with E-state index in [2.05, 4.69) is 33.0 Å². The third-order valence-electron chi connectivity index (χ3n) is 5.65. The van der Waals surface area contributed by atoms with Crippen LogP contribution in [0.1, 0.15) is 15.9 Å². The Morgan fingerprint density at radius 3 is 2.36 bits per heavy atom. The Labute approximate surface area is 222 Å². The molecule has 0 aliphatic heterocycles. The van der Waals surface area contributed by atoms with Gasteiger partial charge >= 0.3 is 0 Å². The summed E-state index contributed by atoms with van der Waals surface area (Å²) in [6, 6.07) is 20.8. The number of rotatable bonds is 4. The summed E-state index contributed by atoms with van der Waals surface area (Å²) in [5, 5.41) is 17.8.